The van der Waals surface area contributed by atoms with Crippen LogP contribution in [0.1, 0.15) is 31.4 Å². The van der Waals surface area contributed by atoms with Crippen LogP contribution < -0.4 is 10.1 Å². The molecule has 7 heteroatoms. The summed E-state index contributed by atoms with van der Waals surface area (Å²) >= 11 is 12.0. The molecule has 0 saturated heterocycles. The maximum absolute atomic E-state index is 13.0. The number of ether oxygens (including phenoxy) is 1. The number of hydrogen-bond acceptors (Lipinski definition) is 3. The summed E-state index contributed by atoms with van der Waals surface area (Å²) in [5, 5.41) is 4.05. The smallest absolute Gasteiger partial charge is 0.261 e. The molecule has 0 aromatic heterocycles. The molecule has 156 valence electrons. The molecule has 29 heavy (non-hydrogen) atoms. The molecular formula is C22H26Cl2N2O3. The van der Waals surface area contributed by atoms with E-state index in [1.54, 1.807) is 35.2 Å². The van der Waals surface area contributed by atoms with E-state index in [9.17, 15) is 9.59 Å². The second-order valence-corrected chi connectivity index (χ2v) is 7.51. The summed E-state index contributed by atoms with van der Waals surface area (Å²) < 4.78 is 5.67. The molecule has 0 fully saturated rings. The number of likely N-dealkylation sites (N-methyl/N-ethyl adjacent to an activating group) is 1. The van der Waals surface area contributed by atoms with E-state index >= 15 is 0 Å². The number of aryl methyl sites for hydroxylation is 1. The number of benzene rings is 2. The zero-order valence-electron chi connectivity index (χ0n) is 16.9. The van der Waals surface area contributed by atoms with Gasteiger partial charge in [-0.3, -0.25) is 9.59 Å². The number of amides is 2. The first kappa shape index (κ1) is 23.0. The molecule has 0 aliphatic carbocycles. The number of carbonyl (C=O) groups is 2. The van der Waals surface area contributed by atoms with Crippen LogP contribution in [-0.4, -0.2) is 35.9 Å². The van der Waals surface area contributed by atoms with Gasteiger partial charge in [-0.25, -0.2) is 0 Å². The molecule has 0 saturated carbocycles. The molecular weight excluding hydrogens is 411 g/mol. The highest BCUT2D eigenvalue weighted by Crippen LogP contribution is 2.21. The van der Waals surface area contributed by atoms with Gasteiger partial charge in [-0.1, -0.05) is 42.3 Å². The van der Waals surface area contributed by atoms with E-state index in [0.717, 1.165) is 11.1 Å². The molecule has 5 nitrogen and oxygen atoms in total. The normalized spacial score (nSPS) is 11.6. The van der Waals surface area contributed by atoms with E-state index in [4.69, 9.17) is 27.9 Å². The van der Waals surface area contributed by atoms with Gasteiger partial charge >= 0.3 is 0 Å². The number of halogens is 2. The van der Waals surface area contributed by atoms with Gasteiger partial charge in [-0.2, -0.15) is 0 Å². The average Bonchev–Trinajstić information content (AvgIpc) is 2.70. The number of hydrogen-bond donors (Lipinski definition) is 1. The zero-order chi connectivity index (χ0) is 21.4. The molecule has 2 aromatic rings. The summed E-state index contributed by atoms with van der Waals surface area (Å²) in [4.78, 5) is 27.1. The van der Waals surface area contributed by atoms with Crippen molar-refractivity contribution in [1.82, 2.24) is 10.2 Å². The molecule has 0 bridgehead atoms. The van der Waals surface area contributed by atoms with E-state index in [1.165, 1.54) is 0 Å². The van der Waals surface area contributed by atoms with Gasteiger partial charge in [0.2, 0.25) is 5.91 Å². The predicted molar refractivity (Wildman–Crippen MR) is 116 cm³/mol. The van der Waals surface area contributed by atoms with Crippen LogP contribution in [0.3, 0.4) is 0 Å². The van der Waals surface area contributed by atoms with Gasteiger partial charge in [0.05, 0.1) is 0 Å². The van der Waals surface area contributed by atoms with Gasteiger partial charge in [-0.05, 0) is 61.7 Å². The molecule has 0 radical (unpaired) electrons. The third kappa shape index (κ3) is 6.65. The van der Waals surface area contributed by atoms with Crippen molar-refractivity contribution in [3.63, 3.8) is 0 Å². The van der Waals surface area contributed by atoms with Crippen LogP contribution in [0.25, 0.3) is 0 Å². The lowest BCUT2D eigenvalue weighted by Crippen LogP contribution is -2.50. The van der Waals surface area contributed by atoms with E-state index in [0.29, 0.717) is 28.8 Å². The monoisotopic (exact) mass is 436 g/mol. The van der Waals surface area contributed by atoms with Crippen LogP contribution in [0.2, 0.25) is 10.0 Å². The van der Waals surface area contributed by atoms with E-state index in [1.807, 2.05) is 32.9 Å². The first-order chi connectivity index (χ1) is 13.8. The Morgan fingerprint density at radius 3 is 2.38 bits per heavy atom. The standard InChI is InChI=1S/C22H26Cl2N2O3/c1-4-20(22(28)25-5-2)26(13-16-6-8-17(23)9-7-16)21(27)14-29-18-10-11-19(24)15(3)12-18/h6-12,20H,4-5,13-14H2,1-3H3,(H,25,28)/t20-/m1/s1. The van der Waals surface area contributed by atoms with Gasteiger partial charge in [0, 0.05) is 23.1 Å². The fraction of sp³-hybridized carbons (Fsp3) is 0.364. The van der Waals surface area contributed by atoms with Gasteiger partial charge in [0.1, 0.15) is 11.8 Å². The quantitative estimate of drug-likeness (QED) is 0.623. The fourth-order valence-electron chi connectivity index (χ4n) is 2.93. The SMILES string of the molecule is CCNC(=O)[C@@H](CC)N(Cc1ccc(Cl)cc1)C(=O)COc1ccc(Cl)c(C)c1. The number of nitrogens with zero attached hydrogens (tertiary/aromatic N) is 1. The molecule has 1 N–H and O–H groups in total. The largest absolute Gasteiger partial charge is 0.484 e. The molecule has 0 spiro atoms. The van der Waals surface area contributed by atoms with Crippen molar-refractivity contribution in [3.05, 3.63) is 63.6 Å². The maximum Gasteiger partial charge on any atom is 0.261 e. The molecule has 0 aliphatic heterocycles. The van der Waals surface area contributed by atoms with Gasteiger partial charge in [0.15, 0.2) is 6.61 Å². The van der Waals surface area contributed by atoms with Crippen molar-refractivity contribution in [2.24, 2.45) is 0 Å². The number of rotatable bonds is 9. The predicted octanol–water partition coefficient (Wildman–Crippen LogP) is 4.62. The highest BCUT2D eigenvalue weighted by atomic mass is 35.5. The van der Waals surface area contributed by atoms with E-state index < -0.39 is 6.04 Å². The van der Waals surface area contributed by atoms with Crippen molar-refractivity contribution < 1.29 is 14.3 Å². The zero-order valence-corrected chi connectivity index (χ0v) is 18.4. The summed E-state index contributed by atoms with van der Waals surface area (Å²) in [6.45, 7) is 6.21. The molecule has 0 unspecified atom stereocenters. The Morgan fingerprint density at radius 2 is 1.79 bits per heavy atom. The summed E-state index contributed by atoms with van der Waals surface area (Å²) in [7, 11) is 0. The van der Waals surface area contributed by atoms with Gasteiger partial charge < -0.3 is 15.0 Å². The van der Waals surface area contributed by atoms with E-state index in [-0.39, 0.29) is 25.0 Å². The maximum atomic E-state index is 13.0. The highest BCUT2D eigenvalue weighted by Gasteiger charge is 2.28. The fourth-order valence-corrected chi connectivity index (χ4v) is 3.18. The van der Waals surface area contributed by atoms with E-state index in [2.05, 4.69) is 5.32 Å². The summed E-state index contributed by atoms with van der Waals surface area (Å²) in [6.07, 6.45) is 0.491. The Kier molecular flexibility index (Phi) is 8.80. The molecule has 2 amide bonds. The van der Waals surface area contributed by atoms with Crippen LogP contribution in [0, 0.1) is 6.92 Å². The van der Waals surface area contributed by atoms with Crippen LogP contribution in [0.4, 0.5) is 0 Å². The minimum absolute atomic E-state index is 0.176. The highest BCUT2D eigenvalue weighted by molar-refractivity contribution is 6.31. The Labute approximate surface area is 181 Å². The van der Waals surface area contributed by atoms with Crippen molar-refractivity contribution >= 4 is 35.0 Å². The Balaban J connectivity index is 2.19. The average molecular weight is 437 g/mol. The molecule has 0 aliphatic rings. The van der Waals surface area contributed by atoms with Gasteiger partial charge in [0.25, 0.3) is 5.91 Å². The molecule has 0 heterocycles. The van der Waals surface area contributed by atoms with Gasteiger partial charge in [-0.15, -0.1) is 0 Å². The summed E-state index contributed by atoms with van der Waals surface area (Å²) in [5.74, 6) is 0.100. The molecule has 2 rings (SSSR count). The Bertz CT molecular complexity index is 840. The van der Waals surface area contributed by atoms with Crippen LogP contribution in [0.5, 0.6) is 5.75 Å². The molecule has 1 atom stereocenters. The van der Waals surface area contributed by atoms with Crippen molar-refractivity contribution in [1.29, 1.82) is 0 Å². The first-order valence-electron chi connectivity index (χ1n) is 9.56. The minimum Gasteiger partial charge on any atom is -0.484 e. The number of carbonyl (C=O) groups excluding carboxylic acids is 2. The van der Waals surface area contributed by atoms with Crippen LogP contribution in [-0.2, 0) is 16.1 Å². The first-order valence-corrected chi connectivity index (χ1v) is 10.3. The van der Waals surface area contributed by atoms with Crippen molar-refractivity contribution in [2.45, 2.75) is 39.8 Å². The third-order valence-corrected chi connectivity index (χ3v) is 5.17. The lowest BCUT2D eigenvalue weighted by Gasteiger charge is -2.30. The second kappa shape index (κ2) is 11.1. The van der Waals surface area contributed by atoms with Crippen LogP contribution in [0.15, 0.2) is 42.5 Å². The minimum atomic E-state index is -0.589. The molecule has 2 aromatic carbocycles. The lowest BCUT2D eigenvalue weighted by atomic mass is 10.1. The van der Waals surface area contributed by atoms with Crippen molar-refractivity contribution in [3.8, 4) is 5.75 Å². The number of nitrogens with one attached hydrogen (secondary N) is 1. The second-order valence-electron chi connectivity index (χ2n) is 6.67. The van der Waals surface area contributed by atoms with Crippen molar-refractivity contribution in [2.75, 3.05) is 13.2 Å². The third-order valence-electron chi connectivity index (χ3n) is 4.49. The Hall–Kier alpha value is -2.24. The summed E-state index contributed by atoms with van der Waals surface area (Å²) in [6, 6.07) is 11.8. The topological polar surface area (TPSA) is 58.6 Å². The Morgan fingerprint density at radius 1 is 1.10 bits per heavy atom. The summed E-state index contributed by atoms with van der Waals surface area (Å²) in [5.41, 5.74) is 1.75. The van der Waals surface area contributed by atoms with Crippen LogP contribution >= 0.6 is 23.2 Å². The lowest BCUT2D eigenvalue weighted by molar-refractivity contribution is -0.142.